The highest BCUT2D eigenvalue weighted by Gasteiger charge is 2.20. The van der Waals surface area contributed by atoms with Crippen LogP contribution >= 0.6 is 11.8 Å². The van der Waals surface area contributed by atoms with Crippen molar-refractivity contribution in [3.05, 3.63) is 70.9 Å². The smallest absolute Gasteiger partial charge is 0.255 e. The third-order valence-corrected chi connectivity index (χ3v) is 5.47. The van der Waals surface area contributed by atoms with Crippen molar-refractivity contribution in [3.8, 4) is 17.0 Å². The van der Waals surface area contributed by atoms with Gasteiger partial charge in [-0.05, 0) is 62.3 Å². The Balaban J connectivity index is 1.82. The summed E-state index contributed by atoms with van der Waals surface area (Å²) in [6, 6.07) is 16.1. The maximum absolute atomic E-state index is 13.1. The van der Waals surface area contributed by atoms with Crippen LogP contribution in [0.3, 0.4) is 0 Å². The molecular formula is C24H27N3O2S. The maximum atomic E-state index is 13.1. The molecule has 2 aromatic carbocycles. The van der Waals surface area contributed by atoms with Crippen LogP contribution in [0.5, 0.6) is 5.75 Å². The van der Waals surface area contributed by atoms with E-state index in [4.69, 9.17) is 4.74 Å². The van der Waals surface area contributed by atoms with Gasteiger partial charge in [-0.1, -0.05) is 42.1 Å². The van der Waals surface area contributed by atoms with Crippen molar-refractivity contribution >= 4 is 17.7 Å². The number of thioether (sulfide) groups is 1. The lowest BCUT2D eigenvalue weighted by atomic mass is 10.0. The van der Waals surface area contributed by atoms with Crippen LogP contribution in [0.4, 0.5) is 0 Å². The van der Waals surface area contributed by atoms with Crippen molar-refractivity contribution in [1.82, 2.24) is 15.3 Å². The average molecular weight is 422 g/mol. The lowest BCUT2D eigenvalue weighted by Gasteiger charge is -2.14. The quantitative estimate of drug-likeness (QED) is 0.320. The molecule has 5 nitrogen and oxygen atoms in total. The number of benzene rings is 2. The topological polar surface area (TPSA) is 64.1 Å². The number of methoxy groups -OCH3 is 1. The second kappa shape index (κ2) is 10.3. The second-order valence-electron chi connectivity index (χ2n) is 7.05. The Morgan fingerprint density at radius 3 is 2.53 bits per heavy atom. The fourth-order valence-corrected chi connectivity index (χ4v) is 3.78. The summed E-state index contributed by atoms with van der Waals surface area (Å²) in [5.74, 6) is 0.665. The molecule has 1 heterocycles. The third-order valence-electron chi connectivity index (χ3n) is 4.92. The molecule has 30 heavy (non-hydrogen) atoms. The number of hydrogen-bond donors (Lipinski definition) is 1. The van der Waals surface area contributed by atoms with Gasteiger partial charge in [0.1, 0.15) is 5.75 Å². The van der Waals surface area contributed by atoms with Gasteiger partial charge in [-0.15, -0.1) is 0 Å². The summed E-state index contributed by atoms with van der Waals surface area (Å²) in [4.78, 5) is 22.2. The molecule has 0 aliphatic heterocycles. The number of hydrogen-bond acceptors (Lipinski definition) is 5. The fraction of sp³-hybridized carbons (Fsp3) is 0.292. The van der Waals surface area contributed by atoms with Crippen LogP contribution in [0.15, 0.2) is 53.7 Å². The van der Waals surface area contributed by atoms with E-state index in [1.165, 1.54) is 17.3 Å². The molecule has 0 bridgehead atoms. The van der Waals surface area contributed by atoms with E-state index in [9.17, 15) is 4.79 Å². The molecule has 0 aliphatic carbocycles. The molecule has 1 amide bonds. The molecule has 156 valence electrons. The molecular weight excluding hydrogens is 394 g/mol. The highest BCUT2D eigenvalue weighted by Crippen LogP contribution is 2.29. The first-order valence-corrected chi connectivity index (χ1v) is 11.2. The summed E-state index contributed by atoms with van der Waals surface area (Å²) in [6.45, 7) is 4.44. The first-order chi connectivity index (χ1) is 14.5. The minimum atomic E-state index is -0.142. The Labute approximate surface area is 182 Å². The predicted octanol–water partition coefficient (Wildman–Crippen LogP) is 4.85. The number of aromatic nitrogens is 2. The van der Waals surface area contributed by atoms with Crippen molar-refractivity contribution < 1.29 is 9.53 Å². The van der Waals surface area contributed by atoms with Gasteiger partial charge in [0.05, 0.1) is 24.1 Å². The Hall–Kier alpha value is -2.86. The van der Waals surface area contributed by atoms with E-state index >= 15 is 0 Å². The first-order valence-electron chi connectivity index (χ1n) is 9.93. The zero-order valence-corrected chi connectivity index (χ0v) is 18.7. The molecule has 6 heteroatoms. The maximum Gasteiger partial charge on any atom is 0.255 e. The summed E-state index contributed by atoms with van der Waals surface area (Å²) >= 11 is 1.46. The van der Waals surface area contributed by atoms with Crippen LogP contribution in [0.2, 0.25) is 0 Å². The first kappa shape index (κ1) is 21.8. The number of amides is 1. The molecule has 3 aromatic rings. The van der Waals surface area contributed by atoms with E-state index in [0.29, 0.717) is 28.7 Å². The average Bonchev–Trinajstić information content (AvgIpc) is 2.76. The molecule has 0 saturated heterocycles. The number of nitrogens with zero attached hydrogens (tertiary/aromatic N) is 2. The third kappa shape index (κ3) is 5.19. The van der Waals surface area contributed by atoms with Crippen molar-refractivity contribution in [1.29, 1.82) is 0 Å². The van der Waals surface area contributed by atoms with E-state index in [1.54, 1.807) is 7.11 Å². The van der Waals surface area contributed by atoms with E-state index in [2.05, 4.69) is 27.4 Å². The minimum Gasteiger partial charge on any atom is -0.496 e. The van der Waals surface area contributed by atoms with E-state index in [-0.39, 0.29) is 5.91 Å². The summed E-state index contributed by atoms with van der Waals surface area (Å²) in [5.41, 5.74) is 4.99. The van der Waals surface area contributed by atoms with Crippen LogP contribution in [0, 0.1) is 13.8 Å². The normalized spacial score (nSPS) is 10.7. The lowest BCUT2D eigenvalue weighted by molar-refractivity contribution is 0.0952. The monoisotopic (exact) mass is 421 g/mol. The van der Waals surface area contributed by atoms with Gasteiger partial charge in [0.25, 0.3) is 5.91 Å². The Kier molecular flexibility index (Phi) is 7.46. The number of carbonyl (C=O) groups is 1. The highest BCUT2D eigenvalue weighted by molar-refractivity contribution is 7.98. The highest BCUT2D eigenvalue weighted by atomic mass is 32.2. The van der Waals surface area contributed by atoms with Gasteiger partial charge in [0.2, 0.25) is 0 Å². The van der Waals surface area contributed by atoms with E-state index < -0.39 is 0 Å². The molecule has 1 aromatic heterocycles. The SMILES string of the molecule is COc1ccc(-c2nc(SC)nc(C)c2C(=O)NCCCc2ccccc2)cc1C. The molecule has 3 rings (SSSR count). The van der Waals surface area contributed by atoms with Gasteiger partial charge in [-0.2, -0.15) is 0 Å². The number of aryl methyl sites for hydroxylation is 3. The second-order valence-corrected chi connectivity index (χ2v) is 7.82. The number of nitrogens with one attached hydrogen (secondary N) is 1. The van der Waals surface area contributed by atoms with Crippen molar-refractivity contribution in [2.75, 3.05) is 19.9 Å². The van der Waals surface area contributed by atoms with Gasteiger partial charge in [0.15, 0.2) is 5.16 Å². The zero-order valence-electron chi connectivity index (χ0n) is 17.9. The molecule has 0 aliphatic rings. The standard InChI is InChI=1S/C24H27N3O2S/c1-16-15-19(12-13-20(16)29-3)22-21(17(2)26-24(27-22)30-4)23(28)25-14-8-11-18-9-6-5-7-10-18/h5-7,9-10,12-13,15H,8,11,14H2,1-4H3,(H,25,28). The minimum absolute atomic E-state index is 0.142. The van der Waals surface area contributed by atoms with Crippen LogP contribution < -0.4 is 10.1 Å². The summed E-state index contributed by atoms with van der Waals surface area (Å²) in [5, 5.41) is 3.69. The molecule has 0 fully saturated rings. The van der Waals surface area contributed by atoms with E-state index in [1.807, 2.05) is 56.5 Å². The van der Waals surface area contributed by atoms with Gasteiger partial charge in [0, 0.05) is 12.1 Å². The van der Waals surface area contributed by atoms with Gasteiger partial charge in [-0.3, -0.25) is 4.79 Å². The van der Waals surface area contributed by atoms with Crippen LogP contribution in [-0.4, -0.2) is 35.8 Å². The molecule has 0 unspecified atom stereocenters. The number of rotatable bonds is 8. The molecule has 0 saturated carbocycles. The Morgan fingerprint density at radius 2 is 1.87 bits per heavy atom. The lowest BCUT2D eigenvalue weighted by Crippen LogP contribution is -2.27. The van der Waals surface area contributed by atoms with Gasteiger partial charge in [-0.25, -0.2) is 9.97 Å². The van der Waals surface area contributed by atoms with Crippen LogP contribution in [0.1, 0.15) is 33.6 Å². The molecule has 1 N–H and O–H groups in total. The Bertz CT molecular complexity index is 1020. The van der Waals surface area contributed by atoms with Crippen molar-refractivity contribution in [2.45, 2.75) is 31.8 Å². The van der Waals surface area contributed by atoms with Crippen LogP contribution in [0.25, 0.3) is 11.3 Å². The molecule has 0 spiro atoms. The fourth-order valence-electron chi connectivity index (χ4n) is 3.37. The molecule has 0 atom stereocenters. The number of ether oxygens (including phenoxy) is 1. The van der Waals surface area contributed by atoms with E-state index in [0.717, 1.165) is 29.7 Å². The van der Waals surface area contributed by atoms with Crippen molar-refractivity contribution in [3.63, 3.8) is 0 Å². The predicted molar refractivity (Wildman–Crippen MR) is 122 cm³/mol. The largest absolute Gasteiger partial charge is 0.496 e. The van der Waals surface area contributed by atoms with Gasteiger partial charge < -0.3 is 10.1 Å². The Morgan fingerprint density at radius 1 is 1.10 bits per heavy atom. The molecule has 0 radical (unpaired) electrons. The summed E-state index contributed by atoms with van der Waals surface area (Å²) in [7, 11) is 1.65. The number of carbonyl (C=O) groups excluding carboxylic acids is 1. The zero-order chi connectivity index (χ0) is 21.5. The van der Waals surface area contributed by atoms with Gasteiger partial charge >= 0.3 is 0 Å². The van der Waals surface area contributed by atoms with Crippen molar-refractivity contribution in [2.24, 2.45) is 0 Å². The summed E-state index contributed by atoms with van der Waals surface area (Å²) < 4.78 is 5.37. The summed E-state index contributed by atoms with van der Waals surface area (Å²) in [6.07, 6.45) is 3.73. The van der Waals surface area contributed by atoms with Crippen LogP contribution in [-0.2, 0) is 6.42 Å².